The van der Waals surface area contributed by atoms with Gasteiger partial charge in [0.05, 0.1) is 11.0 Å². The first-order chi connectivity index (χ1) is 31.8. The summed E-state index contributed by atoms with van der Waals surface area (Å²) >= 11 is 0. The molecule has 12 aromatic rings. The zero-order valence-corrected chi connectivity index (χ0v) is 37.4. The van der Waals surface area contributed by atoms with Crippen molar-refractivity contribution in [3.05, 3.63) is 185 Å². The Balaban J connectivity index is 1.37. The molecule has 5 heteroatoms. The van der Waals surface area contributed by atoms with Gasteiger partial charge in [0.1, 0.15) is 22.3 Å². The fraction of sp³-hybridized carbons (Fsp3) is 0.100. The van der Waals surface area contributed by atoms with E-state index in [1.165, 1.54) is 93.7 Å². The van der Waals surface area contributed by atoms with Gasteiger partial charge in [-0.05, 0) is 86.7 Å². The first-order valence-electron chi connectivity index (χ1n) is 23.0. The maximum absolute atomic E-state index is 7.34. The van der Waals surface area contributed by atoms with Gasteiger partial charge >= 0.3 is 0 Å². The number of aromatic nitrogens is 1. The second-order valence-corrected chi connectivity index (χ2v) is 19.0. The summed E-state index contributed by atoms with van der Waals surface area (Å²) in [6.45, 7) is 13.6. The highest BCUT2D eigenvalue weighted by atomic mass is 16.3. The molecule has 0 saturated carbocycles. The number of aryl methyl sites for hydroxylation is 6. The molecule has 14 rings (SSSR count). The molecular weight excluding hydrogens is 788 g/mol. The maximum atomic E-state index is 7.34. The molecular formula is C60H43B2NO2. The summed E-state index contributed by atoms with van der Waals surface area (Å²) in [4.78, 5) is 0. The highest BCUT2D eigenvalue weighted by Crippen LogP contribution is 2.51. The lowest BCUT2D eigenvalue weighted by Gasteiger charge is -2.37. The third-order valence-electron chi connectivity index (χ3n) is 15.1. The van der Waals surface area contributed by atoms with Crippen molar-refractivity contribution in [3.8, 4) is 27.9 Å². The summed E-state index contributed by atoms with van der Waals surface area (Å²) in [5.41, 5.74) is 27.9. The van der Waals surface area contributed by atoms with E-state index in [1.807, 2.05) is 0 Å². The van der Waals surface area contributed by atoms with Gasteiger partial charge in [-0.1, -0.05) is 184 Å². The van der Waals surface area contributed by atoms with Gasteiger partial charge in [0.2, 0.25) is 13.4 Å². The topological polar surface area (TPSA) is 31.2 Å². The standard InChI is InChI=1S/C60H43B2NO2/c1-32-28-34(3)52(35(4)29-32)61-42-24-17-25-43-56(42)63-57-50(48-40-22-13-15-26-44(40)64-59(48)46(54(57)61)38-18-9-7-10-19-38)51-49-41-23-14-16-27-45(41)65-60(49)47(39-20-11-8-12-21-39)55(58(51)63)62(43)53-36(5)30-33(2)31-37(53)6/h7-31H,1-6H3. The monoisotopic (exact) mass is 831 g/mol. The first-order valence-corrected chi connectivity index (χ1v) is 23.0. The quantitative estimate of drug-likeness (QED) is 0.165. The van der Waals surface area contributed by atoms with Crippen molar-refractivity contribution in [1.82, 2.24) is 4.57 Å². The number of para-hydroxylation sites is 3. The van der Waals surface area contributed by atoms with Crippen LogP contribution < -0.4 is 32.8 Å². The van der Waals surface area contributed by atoms with E-state index in [9.17, 15) is 0 Å². The molecule has 3 nitrogen and oxygen atoms in total. The number of benzene rings is 9. The Labute approximate surface area is 378 Å². The van der Waals surface area contributed by atoms with Crippen LogP contribution in [0.5, 0.6) is 0 Å². The van der Waals surface area contributed by atoms with E-state index in [0.717, 1.165) is 66.1 Å². The molecule has 0 unspecified atom stereocenters. The molecule has 0 atom stereocenters. The van der Waals surface area contributed by atoms with Crippen LogP contribution in [0, 0.1) is 41.5 Å². The van der Waals surface area contributed by atoms with Crippen LogP contribution in [0.1, 0.15) is 33.4 Å². The van der Waals surface area contributed by atoms with E-state index in [1.54, 1.807) is 0 Å². The SMILES string of the molecule is Cc1cc(C)c(B2c3cccc4c3-n3c5c2c(-c2ccccc2)c2oc6ccccc6c2c5c2c5c(oc6ccccc65)c(-c5ccccc5)c(c23)B4c2c(C)cc(C)cc2C)c(C)c1. The Hall–Kier alpha value is -7.49. The third-order valence-corrected chi connectivity index (χ3v) is 15.1. The van der Waals surface area contributed by atoms with Gasteiger partial charge in [-0.2, -0.15) is 0 Å². The lowest BCUT2D eigenvalue weighted by Crippen LogP contribution is -2.64. The molecule has 0 saturated heterocycles. The van der Waals surface area contributed by atoms with Crippen molar-refractivity contribution in [2.75, 3.05) is 0 Å². The molecule has 0 radical (unpaired) electrons. The molecule has 0 aliphatic carbocycles. The number of furan rings is 2. The molecule has 0 amide bonds. The summed E-state index contributed by atoms with van der Waals surface area (Å²) < 4.78 is 17.4. The van der Waals surface area contributed by atoms with Gasteiger partial charge < -0.3 is 13.4 Å². The molecule has 2 aliphatic rings. The van der Waals surface area contributed by atoms with E-state index in [-0.39, 0.29) is 13.4 Å². The first kappa shape index (κ1) is 36.9. The molecule has 9 aromatic carbocycles. The van der Waals surface area contributed by atoms with Crippen molar-refractivity contribution in [3.63, 3.8) is 0 Å². The zero-order chi connectivity index (χ0) is 43.6. The van der Waals surface area contributed by atoms with Gasteiger partial charge in [-0.15, -0.1) is 0 Å². The summed E-state index contributed by atoms with van der Waals surface area (Å²) in [6, 6.07) is 56.2. The number of hydrogen-bond acceptors (Lipinski definition) is 2. The molecule has 2 aliphatic heterocycles. The van der Waals surface area contributed by atoms with Crippen LogP contribution in [0.15, 0.2) is 160 Å². The molecule has 3 aromatic heterocycles. The van der Waals surface area contributed by atoms with Crippen molar-refractivity contribution in [2.45, 2.75) is 41.5 Å². The van der Waals surface area contributed by atoms with Crippen molar-refractivity contribution < 1.29 is 8.83 Å². The molecule has 0 N–H and O–H groups in total. The number of rotatable bonds is 4. The Bertz CT molecular complexity index is 3770. The van der Waals surface area contributed by atoms with Gasteiger partial charge in [0.25, 0.3) is 0 Å². The molecule has 0 spiro atoms. The number of hydrogen-bond donors (Lipinski definition) is 0. The van der Waals surface area contributed by atoms with Crippen LogP contribution >= 0.6 is 0 Å². The van der Waals surface area contributed by atoms with E-state index >= 15 is 0 Å². The zero-order valence-electron chi connectivity index (χ0n) is 37.4. The van der Waals surface area contributed by atoms with E-state index < -0.39 is 0 Å². The molecule has 5 heterocycles. The Morgan fingerprint density at radius 1 is 0.385 bits per heavy atom. The lowest BCUT2D eigenvalue weighted by atomic mass is 9.29. The highest BCUT2D eigenvalue weighted by molar-refractivity contribution is 7.03. The van der Waals surface area contributed by atoms with Crippen molar-refractivity contribution in [1.29, 1.82) is 0 Å². The second kappa shape index (κ2) is 13.1. The van der Waals surface area contributed by atoms with Gasteiger partial charge in [0.15, 0.2) is 0 Å². The average molecular weight is 832 g/mol. The maximum Gasteiger partial charge on any atom is 0.248 e. The minimum Gasteiger partial charge on any atom is -0.455 e. The second-order valence-electron chi connectivity index (χ2n) is 19.0. The molecule has 306 valence electrons. The van der Waals surface area contributed by atoms with Crippen LogP contribution in [0.4, 0.5) is 0 Å². The molecule has 0 bridgehead atoms. The Kier molecular flexibility index (Phi) is 7.42. The molecule has 65 heavy (non-hydrogen) atoms. The fourth-order valence-corrected chi connectivity index (χ4v) is 13.1. The van der Waals surface area contributed by atoms with Crippen LogP contribution in [0.2, 0.25) is 0 Å². The van der Waals surface area contributed by atoms with Crippen LogP contribution in [0.25, 0.3) is 93.6 Å². The van der Waals surface area contributed by atoms with Gasteiger partial charge in [-0.25, -0.2) is 0 Å². The van der Waals surface area contributed by atoms with E-state index in [0.29, 0.717) is 0 Å². The lowest BCUT2D eigenvalue weighted by molar-refractivity contribution is 0.670. The van der Waals surface area contributed by atoms with E-state index in [4.69, 9.17) is 8.83 Å². The smallest absolute Gasteiger partial charge is 0.248 e. The minimum absolute atomic E-state index is 0.0923. The third kappa shape index (κ3) is 4.73. The summed E-state index contributed by atoms with van der Waals surface area (Å²) in [6.07, 6.45) is 0. The largest absolute Gasteiger partial charge is 0.455 e. The van der Waals surface area contributed by atoms with Crippen LogP contribution in [-0.4, -0.2) is 18.0 Å². The minimum atomic E-state index is -0.0923. The fourth-order valence-electron chi connectivity index (χ4n) is 13.1. The molecule has 0 fully saturated rings. The highest BCUT2D eigenvalue weighted by Gasteiger charge is 2.47. The number of fused-ring (bicyclic) bond motifs is 9. The summed E-state index contributed by atoms with van der Waals surface area (Å²) in [7, 11) is 0. The Morgan fingerprint density at radius 2 is 0.769 bits per heavy atom. The number of nitrogens with zero attached hydrogens (tertiary/aromatic N) is 1. The predicted octanol–water partition coefficient (Wildman–Crippen LogP) is 11.4. The van der Waals surface area contributed by atoms with Gasteiger partial charge in [-0.3, -0.25) is 0 Å². The average Bonchev–Trinajstić information content (AvgIpc) is 3.99. The van der Waals surface area contributed by atoms with Crippen molar-refractivity contribution in [2.24, 2.45) is 0 Å². The van der Waals surface area contributed by atoms with E-state index in [2.05, 4.69) is 198 Å². The Morgan fingerprint density at radius 3 is 1.18 bits per heavy atom. The predicted molar refractivity (Wildman–Crippen MR) is 277 cm³/mol. The van der Waals surface area contributed by atoms with Gasteiger partial charge in [0, 0.05) is 49.1 Å². The van der Waals surface area contributed by atoms with Crippen molar-refractivity contribution >= 4 is 112 Å². The van der Waals surface area contributed by atoms with Crippen LogP contribution in [-0.2, 0) is 0 Å². The summed E-state index contributed by atoms with van der Waals surface area (Å²) in [5.74, 6) is 0. The normalized spacial score (nSPS) is 13.0. The van der Waals surface area contributed by atoms with Crippen LogP contribution in [0.3, 0.4) is 0 Å². The summed E-state index contributed by atoms with van der Waals surface area (Å²) in [5, 5.41) is 7.03.